The van der Waals surface area contributed by atoms with Gasteiger partial charge >= 0.3 is 0 Å². The van der Waals surface area contributed by atoms with Crippen molar-refractivity contribution in [1.82, 2.24) is 10.2 Å². The Hall–Kier alpha value is -1.63. The van der Waals surface area contributed by atoms with E-state index in [1.807, 2.05) is 0 Å². The number of fused-ring (bicyclic) bond motifs is 1. The maximum absolute atomic E-state index is 12.2. The number of carbonyl (C=O) groups excluding carboxylic acids is 1. The van der Waals surface area contributed by atoms with Crippen LogP contribution >= 0.6 is 34.4 Å². The number of nitrogens with zero attached hydrogens (tertiary/aromatic N) is 3. The third kappa shape index (κ3) is 3.71. The maximum atomic E-state index is 12.2. The number of amides is 1. The first-order chi connectivity index (χ1) is 11.6. The van der Waals surface area contributed by atoms with Crippen molar-refractivity contribution >= 4 is 50.5 Å². The van der Waals surface area contributed by atoms with E-state index in [4.69, 9.17) is 0 Å². The van der Waals surface area contributed by atoms with Crippen LogP contribution in [0.2, 0.25) is 0 Å². The van der Waals surface area contributed by atoms with Crippen LogP contribution in [0.25, 0.3) is 0 Å². The molecule has 1 aliphatic rings. The minimum absolute atomic E-state index is 0.121. The number of anilines is 2. The molecule has 0 saturated carbocycles. The number of hydrogen-bond donors (Lipinski definition) is 2. The lowest BCUT2D eigenvalue weighted by Gasteiger charge is -2.17. The molecule has 1 aliphatic carbocycles. The summed E-state index contributed by atoms with van der Waals surface area (Å²) in [6, 6.07) is 2.27. The fraction of sp³-hybridized carbons (Fsp3) is 0.467. The number of rotatable bonds is 5. The zero-order chi connectivity index (χ0) is 17.1. The molecule has 24 heavy (non-hydrogen) atoms. The van der Waals surface area contributed by atoms with Crippen molar-refractivity contribution in [2.75, 3.05) is 23.4 Å². The first kappa shape index (κ1) is 17.2. The van der Waals surface area contributed by atoms with Crippen LogP contribution in [0.1, 0.15) is 29.3 Å². The zero-order valence-corrected chi connectivity index (χ0v) is 15.8. The van der Waals surface area contributed by atoms with Gasteiger partial charge in [0, 0.05) is 11.9 Å². The van der Waals surface area contributed by atoms with E-state index in [2.05, 4.69) is 33.8 Å². The highest BCUT2D eigenvalue weighted by Crippen LogP contribution is 2.39. The average Bonchev–Trinajstić information content (AvgIpc) is 3.16. The lowest BCUT2D eigenvalue weighted by Crippen LogP contribution is -2.14. The van der Waals surface area contributed by atoms with Crippen molar-refractivity contribution in [3.05, 3.63) is 16.0 Å². The molecule has 1 atom stereocenters. The van der Waals surface area contributed by atoms with E-state index in [0.717, 1.165) is 34.3 Å². The van der Waals surface area contributed by atoms with Gasteiger partial charge in [0.2, 0.25) is 11.0 Å². The first-order valence-corrected chi connectivity index (χ1v) is 10.2. The third-order valence-electron chi connectivity index (χ3n) is 3.82. The van der Waals surface area contributed by atoms with Gasteiger partial charge in [-0.15, -0.1) is 21.5 Å². The fourth-order valence-corrected chi connectivity index (χ4v) is 5.50. The lowest BCUT2D eigenvalue weighted by molar-refractivity contribution is -0.113. The van der Waals surface area contributed by atoms with Crippen LogP contribution in [-0.2, 0) is 17.6 Å². The van der Waals surface area contributed by atoms with E-state index in [0.29, 0.717) is 16.5 Å². The van der Waals surface area contributed by atoms with Gasteiger partial charge in [-0.1, -0.05) is 30.0 Å². The number of nitriles is 1. The number of aromatic nitrogens is 2. The highest BCUT2D eigenvalue weighted by atomic mass is 32.2. The molecule has 0 aliphatic heterocycles. The van der Waals surface area contributed by atoms with Crippen molar-refractivity contribution in [3.63, 3.8) is 0 Å². The van der Waals surface area contributed by atoms with Gasteiger partial charge in [0.1, 0.15) is 11.1 Å². The molecular formula is C15H17N5OS3. The molecule has 0 fully saturated rings. The largest absolute Gasteiger partial charge is 0.363 e. The van der Waals surface area contributed by atoms with Gasteiger partial charge in [-0.3, -0.25) is 4.79 Å². The monoisotopic (exact) mass is 379 g/mol. The summed E-state index contributed by atoms with van der Waals surface area (Å²) in [5.41, 5.74) is 1.78. The van der Waals surface area contributed by atoms with Gasteiger partial charge in [-0.25, -0.2) is 0 Å². The molecule has 9 heteroatoms. The minimum Gasteiger partial charge on any atom is -0.363 e. The normalized spacial score (nSPS) is 16.3. The second kappa shape index (κ2) is 7.51. The van der Waals surface area contributed by atoms with Crippen molar-refractivity contribution in [2.45, 2.75) is 30.5 Å². The van der Waals surface area contributed by atoms with Gasteiger partial charge in [-0.2, -0.15) is 5.26 Å². The van der Waals surface area contributed by atoms with Gasteiger partial charge in [0.15, 0.2) is 4.34 Å². The van der Waals surface area contributed by atoms with Gasteiger partial charge in [-0.05, 0) is 30.7 Å². The highest BCUT2D eigenvalue weighted by Gasteiger charge is 2.24. The molecular weight excluding hydrogens is 362 g/mol. The Morgan fingerprint density at radius 1 is 1.46 bits per heavy atom. The van der Waals surface area contributed by atoms with Crippen LogP contribution in [0.4, 0.5) is 10.1 Å². The minimum atomic E-state index is -0.121. The summed E-state index contributed by atoms with van der Waals surface area (Å²) in [5, 5.41) is 24.6. The molecule has 0 saturated heterocycles. The topological polar surface area (TPSA) is 90.7 Å². The van der Waals surface area contributed by atoms with E-state index >= 15 is 0 Å². The van der Waals surface area contributed by atoms with Crippen LogP contribution in [0.5, 0.6) is 0 Å². The highest BCUT2D eigenvalue weighted by molar-refractivity contribution is 8.01. The Bertz CT molecular complexity index is 792. The van der Waals surface area contributed by atoms with Crippen LogP contribution in [0.3, 0.4) is 0 Å². The quantitative estimate of drug-likeness (QED) is 0.774. The molecule has 0 aromatic carbocycles. The van der Waals surface area contributed by atoms with E-state index in [1.165, 1.54) is 28.0 Å². The summed E-state index contributed by atoms with van der Waals surface area (Å²) < 4.78 is 0.745. The van der Waals surface area contributed by atoms with Gasteiger partial charge in [0.25, 0.3) is 0 Å². The lowest BCUT2D eigenvalue weighted by atomic mass is 9.89. The summed E-state index contributed by atoms with van der Waals surface area (Å²) in [7, 11) is 1.78. The average molecular weight is 380 g/mol. The van der Waals surface area contributed by atoms with E-state index in [-0.39, 0.29) is 11.7 Å². The molecule has 3 rings (SSSR count). The van der Waals surface area contributed by atoms with Crippen LogP contribution in [0, 0.1) is 17.2 Å². The van der Waals surface area contributed by atoms with Crippen LogP contribution in [-0.4, -0.2) is 28.9 Å². The molecule has 6 nitrogen and oxygen atoms in total. The number of nitrogens with one attached hydrogen (secondary N) is 2. The third-order valence-corrected chi connectivity index (χ3v) is 7.07. The molecule has 1 unspecified atom stereocenters. The van der Waals surface area contributed by atoms with Crippen molar-refractivity contribution in [1.29, 1.82) is 5.26 Å². The Balaban J connectivity index is 1.65. The van der Waals surface area contributed by atoms with Gasteiger partial charge in [0.05, 0.1) is 11.3 Å². The molecule has 2 aromatic rings. The Morgan fingerprint density at radius 2 is 2.29 bits per heavy atom. The van der Waals surface area contributed by atoms with Crippen molar-refractivity contribution in [3.8, 4) is 6.07 Å². The number of thiophene rings is 1. The van der Waals surface area contributed by atoms with Crippen LogP contribution in [0.15, 0.2) is 4.34 Å². The van der Waals surface area contributed by atoms with E-state index in [1.54, 1.807) is 18.4 Å². The van der Waals surface area contributed by atoms with Crippen molar-refractivity contribution < 1.29 is 4.79 Å². The Labute approximate surface area is 152 Å². The van der Waals surface area contributed by atoms with Crippen LogP contribution < -0.4 is 10.6 Å². The van der Waals surface area contributed by atoms with Gasteiger partial charge < -0.3 is 10.6 Å². The summed E-state index contributed by atoms with van der Waals surface area (Å²) >= 11 is 4.31. The molecule has 0 bridgehead atoms. The molecule has 1 amide bonds. The van der Waals surface area contributed by atoms with Crippen molar-refractivity contribution in [2.24, 2.45) is 5.92 Å². The standard InChI is InChI=1S/C15H17N5OS3/c1-8-3-4-9-10(6-16)13(23-11(9)5-8)18-12(21)7-22-15-20-19-14(17-2)24-15/h8H,3-5,7H2,1-2H3,(H,17,19)(H,18,21). The molecule has 2 N–H and O–H groups in total. The number of carbonyl (C=O) groups is 1. The predicted octanol–water partition coefficient (Wildman–Crippen LogP) is 3.37. The number of hydrogen-bond acceptors (Lipinski definition) is 8. The predicted molar refractivity (Wildman–Crippen MR) is 99.0 cm³/mol. The Kier molecular flexibility index (Phi) is 5.38. The maximum Gasteiger partial charge on any atom is 0.235 e. The Morgan fingerprint density at radius 3 is 3.00 bits per heavy atom. The summed E-state index contributed by atoms with van der Waals surface area (Å²) in [4.78, 5) is 13.5. The molecule has 0 radical (unpaired) electrons. The second-order valence-corrected chi connectivity index (χ2v) is 8.93. The summed E-state index contributed by atoms with van der Waals surface area (Å²) in [6.45, 7) is 2.23. The molecule has 126 valence electrons. The summed E-state index contributed by atoms with van der Waals surface area (Å²) in [6.07, 6.45) is 3.03. The fourth-order valence-electron chi connectivity index (χ4n) is 2.62. The molecule has 2 aromatic heterocycles. The van der Waals surface area contributed by atoms with E-state index < -0.39 is 0 Å². The SMILES string of the molecule is CNc1nnc(SCC(=O)Nc2sc3c(c2C#N)CCC(C)C3)s1. The zero-order valence-electron chi connectivity index (χ0n) is 13.4. The van der Waals surface area contributed by atoms with E-state index in [9.17, 15) is 10.1 Å². The molecule has 2 heterocycles. The first-order valence-electron chi connectivity index (χ1n) is 7.59. The second-order valence-electron chi connectivity index (χ2n) is 5.63. The summed E-state index contributed by atoms with van der Waals surface area (Å²) in [5.74, 6) is 0.771. The smallest absolute Gasteiger partial charge is 0.235 e. The molecule has 0 spiro atoms. The number of thioether (sulfide) groups is 1.